The molecular formula is C13H16N2O3. The summed E-state index contributed by atoms with van der Waals surface area (Å²) in [5.74, 6) is 1.58. The van der Waals surface area contributed by atoms with Crippen LogP contribution >= 0.6 is 0 Å². The summed E-state index contributed by atoms with van der Waals surface area (Å²) in [6.07, 6.45) is 3.87. The van der Waals surface area contributed by atoms with E-state index in [-0.39, 0.29) is 12.1 Å². The fourth-order valence-corrected chi connectivity index (χ4v) is 1.64. The van der Waals surface area contributed by atoms with E-state index < -0.39 is 0 Å². The summed E-state index contributed by atoms with van der Waals surface area (Å²) in [5, 5.41) is 5.55. The van der Waals surface area contributed by atoms with Gasteiger partial charge in [0, 0.05) is 12.5 Å². The maximum absolute atomic E-state index is 11.6. The molecule has 96 valence electrons. The largest absolute Gasteiger partial charge is 0.469 e. The summed E-state index contributed by atoms with van der Waals surface area (Å²) >= 11 is 0. The predicted molar refractivity (Wildman–Crippen MR) is 66.0 cm³/mol. The highest BCUT2D eigenvalue weighted by molar-refractivity contribution is 5.74. The van der Waals surface area contributed by atoms with Crippen LogP contribution in [0.3, 0.4) is 0 Å². The summed E-state index contributed by atoms with van der Waals surface area (Å²) in [4.78, 5) is 11.6. The van der Waals surface area contributed by atoms with Gasteiger partial charge in [-0.2, -0.15) is 0 Å². The Hall–Kier alpha value is -2.17. The van der Waals surface area contributed by atoms with Gasteiger partial charge in [-0.05, 0) is 31.2 Å². The first kappa shape index (κ1) is 12.3. The van der Waals surface area contributed by atoms with Crippen molar-refractivity contribution < 1.29 is 13.6 Å². The summed E-state index contributed by atoms with van der Waals surface area (Å²) < 4.78 is 10.3. The number of hydrogen-bond acceptors (Lipinski definition) is 3. The normalized spacial score (nSPS) is 12.1. The number of rotatable bonds is 5. The first-order chi connectivity index (χ1) is 8.74. The van der Waals surface area contributed by atoms with Crippen LogP contribution in [0.2, 0.25) is 0 Å². The summed E-state index contributed by atoms with van der Waals surface area (Å²) in [6, 6.07) is 7.11. The van der Waals surface area contributed by atoms with Crippen molar-refractivity contribution in [2.24, 2.45) is 0 Å². The molecule has 2 aromatic rings. The zero-order valence-corrected chi connectivity index (χ0v) is 10.2. The first-order valence-electron chi connectivity index (χ1n) is 5.83. The Labute approximate surface area is 105 Å². The molecule has 18 heavy (non-hydrogen) atoms. The Morgan fingerprint density at radius 3 is 2.50 bits per heavy atom. The van der Waals surface area contributed by atoms with E-state index in [4.69, 9.17) is 8.83 Å². The van der Waals surface area contributed by atoms with E-state index in [1.165, 1.54) is 0 Å². The highest BCUT2D eigenvalue weighted by atomic mass is 16.3. The monoisotopic (exact) mass is 248 g/mol. The van der Waals surface area contributed by atoms with Gasteiger partial charge in [-0.1, -0.05) is 0 Å². The Morgan fingerprint density at radius 1 is 1.22 bits per heavy atom. The standard InChI is InChI=1S/C13H16N2O3/c1-10(8-11-4-2-6-17-11)15-13(16)14-9-12-5-3-7-18-12/h2-7,10H,8-9H2,1H3,(H2,14,15,16). The highest BCUT2D eigenvalue weighted by Gasteiger charge is 2.09. The number of urea groups is 1. The molecule has 5 heteroatoms. The molecule has 1 unspecified atom stereocenters. The van der Waals surface area contributed by atoms with Gasteiger partial charge >= 0.3 is 6.03 Å². The SMILES string of the molecule is CC(Cc1ccco1)NC(=O)NCc1ccco1. The quantitative estimate of drug-likeness (QED) is 0.853. The number of nitrogens with one attached hydrogen (secondary N) is 2. The van der Waals surface area contributed by atoms with Gasteiger partial charge in [0.05, 0.1) is 19.1 Å². The van der Waals surface area contributed by atoms with E-state index >= 15 is 0 Å². The van der Waals surface area contributed by atoms with Crippen molar-refractivity contribution in [1.29, 1.82) is 0 Å². The molecule has 1 atom stereocenters. The molecule has 5 nitrogen and oxygen atoms in total. The molecule has 0 saturated carbocycles. The topological polar surface area (TPSA) is 67.4 Å². The average Bonchev–Trinajstić information content (AvgIpc) is 2.98. The first-order valence-corrected chi connectivity index (χ1v) is 5.83. The Balaban J connectivity index is 1.70. The van der Waals surface area contributed by atoms with Crippen LogP contribution in [0.4, 0.5) is 4.79 Å². The van der Waals surface area contributed by atoms with Gasteiger partial charge in [0.25, 0.3) is 0 Å². The highest BCUT2D eigenvalue weighted by Crippen LogP contribution is 2.03. The minimum atomic E-state index is -0.217. The molecular weight excluding hydrogens is 232 g/mol. The zero-order chi connectivity index (χ0) is 12.8. The number of amides is 2. The second-order valence-corrected chi connectivity index (χ2v) is 4.09. The van der Waals surface area contributed by atoms with Crippen molar-refractivity contribution in [3.63, 3.8) is 0 Å². The van der Waals surface area contributed by atoms with E-state index in [0.717, 1.165) is 11.5 Å². The van der Waals surface area contributed by atoms with Crippen LogP contribution in [-0.2, 0) is 13.0 Å². The summed E-state index contributed by atoms with van der Waals surface area (Å²) in [7, 11) is 0. The van der Waals surface area contributed by atoms with Crippen molar-refractivity contribution in [2.75, 3.05) is 0 Å². The maximum Gasteiger partial charge on any atom is 0.315 e. The van der Waals surface area contributed by atoms with E-state index in [2.05, 4.69) is 10.6 Å². The molecule has 0 spiro atoms. The lowest BCUT2D eigenvalue weighted by Crippen LogP contribution is -2.41. The second kappa shape index (κ2) is 5.95. The number of hydrogen-bond donors (Lipinski definition) is 2. The van der Waals surface area contributed by atoms with Crippen LogP contribution in [0.1, 0.15) is 18.4 Å². The fourth-order valence-electron chi connectivity index (χ4n) is 1.64. The molecule has 2 amide bonds. The van der Waals surface area contributed by atoms with E-state index in [1.807, 2.05) is 25.1 Å². The van der Waals surface area contributed by atoms with Crippen LogP contribution in [0.25, 0.3) is 0 Å². The van der Waals surface area contributed by atoms with E-state index in [0.29, 0.717) is 13.0 Å². The van der Waals surface area contributed by atoms with Crippen molar-refractivity contribution in [1.82, 2.24) is 10.6 Å². The van der Waals surface area contributed by atoms with Crippen LogP contribution in [0.5, 0.6) is 0 Å². The molecule has 0 aromatic carbocycles. The van der Waals surface area contributed by atoms with Crippen molar-refractivity contribution >= 4 is 6.03 Å². The molecule has 2 heterocycles. The van der Waals surface area contributed by atoms with Gasteiger partial charge in [0.1, 0.15) is 11.5 Å². The molecule has 0 aliphatic heterocycles. The molecule has 2 aromatic heterocycles. The Morgan fingerprint density at radius 2 is 1.89 bits per heavy atom. The molecule has 0 radical (unpaired) electrons. The lowest BCUT2D eigenvalue weighted by atomic mass is 10.2. The molecule has 2 rings (SSSR count). The van der Waals surface area contributed by atoms with Crippen molar-refractivity contribution in [2.45, 2.75) is 25.9 Å². The van der Waals surface area contributed by atoms with Crippen LogP contribution in [0, 0.1) is 0 Å². The van der Waals surface area contributed by atoms with Crippen LogP contribution < -0.4 is 10.6 Å². The third-order valence-corrected chi connectivity index (χ3v) is 2.47. The Kier molecular flexibility index (Phi) is 4.06. The van der Waals surface area contributed by atoms with Gasteiger partial charge in [0.2, 0.25) is 0 Å². The van der Waals surface area contributed by atoms with Crippen molar-refractivity contribution in [3.8, 4) is 0 Å². The number of carbonyl (C=O) groups is 1. The van der Waals surface area contributed by atoms with Crippen molar-refractivity contribution in [3.05, 3.63) is 48.3 Å². The minimum Gasteiger partial charge on any atom is -0.469 e. The van der Waals surface area contributed by atoms with Gasteiger partial charge in [-0.15, -0.1) is 0 Å². The Bertz CT molecular complexity index is 462. The summed E-state index contributed by atoms with van der Waals surface area (Å²) in [5.41, 5.74) is 0. The van der Waals surface area contributed by atoms with E-state index in [1.54, 1.807) is 18.6 Å². The van der Waals surface area contributed by atoms with Crippen LogP contribution in [-0.4, -0.2) is 12.1 Å². The smallest absolute Gasteiger partial charge is 0.315 e. The third kappa shape index (κ3) is 3.69. The molecule has 0 fully saturated rings. The fraction of sp³-hybridized carbons (Fsp3) is 0.308. The summed E-state index contributed by atoms with van der Waals surface area (Å²) in [6.45, 7) is 2.31. The van der Waals surface area contributed by atoms with Gasteiger partial charge in [0.15, 0.2) is 0 Å². The van der Waals surface area contributed by atoms with E-state index in [9.17, 15) is 4.79 Å². The third-order valence-electron chi connectivity index (χ3n) is 2.47. The molecule has 0 aliphatic rings. The zero-order valence-electron chi connectivity index (χ0n) is 10.2. The average molecular weight is 248 g/mol. The molecule has 0 saturated heterocycles. The molecule has 0 aliphatic carbocycles. The van der Waals surface area contributed by atoms with Gasteiger partial charge in [-0.3, -0.25) is 0 Å². The van der Waals surface area contributed by atoms with Gasteiger partial charge in [-0.25, -0.2) is 4.79 Å². The molecule has 0 bridgehead atoms. The minimum absolute atomic E-state index is 0.00718. The van der Waals surface area contributed by atoms with Crippen LogP contribution in [0.15, 0.2) is 45.6 Å². The predicted octanol–water partition coefficient (Wildman–Crippen LogP) is 2.30. The second-order valence-electron chi connectivity index (χ2n) is 4.09. The number of carbonyl (C=O) groups excluding carboxylic acids is 1. The number of furan rings is 2. The molecule has 2 N–H and O–H groups in total. The van der Waals surface area contributed by atoms with Gasteiger partial charge < -0.3 is 19.5 Å². The maximum atomic E-state index is 11.6. The lowest BCUT2D eigenvalue weighted by Gasteiger charge is -2.12. The lowest BCUT2D eigenvalue weighted by molar-refractivity contribution is 0.236.